The molecular formula is C12H22N2OS. The first kappa shape index (κ1) is 13.4. The van der Waals surface area contributed by atoms with Gasteiger partial charge < -0.3 is 11.1 Å². The molecule has 0 saturated heterocycles. The number of carbonyl (C=O) groups is 1. The van der Waals surface area contributed by atoms with E-state index in [4.69, 9.17) is 18.0 Å². The first-order valence-corrected chi connectivity index (χ1v) is 6.50. The van der Waals surface area contributed by atoms with Crippen LogP contribution in [0, 0.1) is 11.3 Å². The molecule has 1 aliphatic rings. The highest BCUT2D eigenvalue weighted by molar-refractivity contribution is 7.80. The lowest BCUT2D eigenvalue weighted by atomic mass is 9.82. The summed E-state index contributed by atoms with van der Waals surface area (Å²) in [5.74, 6) is 0.268. The molecule has 0 radical (unpaired) electrons. The fraction of sp³-hybridized carbons (Fsp3) is 0.833. The van der Waals surface area contributed by atoms with E-state index in [2.05, 4.69) is 12.2 Å². The topological polar surface area (TPSA) is 55.1 Å². The summed E-state index contributed by atoms with van der Waals surface area (Å²) in [5, 5.41) is 2.99. The van der Waals surface area contributed by atoms with Crippen LogP contribution in [0.1, 0.15) is 46.0 Å². The van der Waals surface area contributed by atoms with Crippen LogP contribution >= 0.6 is 12.2 Å². The predicted octanol–water partition coefficient (Wildman–Crippen LogP) is 2.00. The lowest BCUT2D eigenvalue weighted by Crippen LogP contribution is -2.42. The summed E-state index contributed by atoms with van der Waals surface area (Å²) in [6.07, 6.45) is 5.33. The number of thiocarbonyl (C=S) groups is 1. The van der Waals surface area contributed by atoms with Crippen molar-refractivity contribution >= 4 is 23.1 Å². The van der Waals surface area contributed by atoms with Crippen LogP contribution in [0.15, 0.2) is 0 Å². The van der Waals surface area contributed by atoms with Crippen LogP contribution in [-0.2, 0) is 4.79 Å². The van der Waals surface area contributed by atoms with Gasteiger partial charge in [0.1, 0.15) is 0 Å². The number of hydrogen-bond donors (Lipinski definition) is 2. The molecule has 1 rings (SSSR count). The Balaban J connectivity index is 2.48. The molecule has 0 heterocycles. The molecule has 0 aromatic heterocycles. The van der Waals surface area contributed by atoms with Crippen molar-refractivity contribution < 1.29 is 4.79 Å². The van der Waals surface area contributed by atoms with E-state index in [-0.39, 0.29) is 17.2 Å². The van der Waals surface area contributed by atoms with Gasteiger partial charge in [-0.15, -0.1) is 0 Å². The zero-order valence-electron chi connectivity index (χ0n) is 10.2. The Bertz CT molecular complexity index is 272. The van der Waals surface area contributed by atoms with Crippen LogP contribution in [0.2, 0.25) is 0 Å². The quantitative estimate of drug-likeness (QED) is 0.725. The van der Waals surface area contributed by atoms with Gasteiger partial charge >= 0.3 is 0 Å². The van der Waals surface area contributed by atoms with Crippen molar-refractivity contribution in [3.63, 3.8) is 0 Å². The van der Waals surface area contributed by atoms with Gasteiger partial charge in [0.15, 0.2) is 0 Å². The third kappa shape index (κ3) is 2.94. The fourth-order valence-electron chi connectivity index (χ4n) is 2.33. The molecule has 0 spiro atoms. The van der Waals surface area contributed by atoms with Crippen molar-refractivity contribution in [3.05, 3.63) is 0 Å². The monoisotopic (exact) mass is 242 g/mol. The third-order valence-electron chi connectivity index (χ3n) is 3.77. The van der Waals surface area contributed by atoms with Gasteiger partial charge in [-0.2, -0.15) is 0 Å². The third-order valence-corrected chi connectivity index (χ3v) is 4.18. The lowest BCUT2D eigenvalue weighted by molar-refractivity contribution is -0.131. The minimum Gasteiger partial charge on any atom is -0.393 e. The van der Waals surface area contributed by atoms with E-state index in [0.717, 1.165) is 19.3 Å². The molecular weight excluding hydrogens is 220 g/mol. The summed E-state index contributed by atoms with van der Waals surface area (Å²) in [5.41, 5.74) is 5.41. The van der Waals surface area contributed by atoms with Crippen LogP contribution in [-0.4, -0.2) is 17.4 Å². The molecule has 0 aromatic carbocycles. The SMILES string of the molecule is CCC1(C(=O)NCC(C)C(N)=S)CCCC1. The van der Waals surface area contributed by atoms with Gasteiger partial charge in [-0.05, 0) is 19.3 Å². The van der Waals surface area contributed by atoms with E-state index in [1.165, 1.54) is 12.8 Å². The Morgan fingerprint density at radius 2 is 2.06 bits per heavy atom. The van der Waals surface area contributed by atoms with Gasteiger partial charge in [0.2, 0.25) is 5.91 Å². The molecule has 1 amide bonds. The summed E-state index contributed by atoms with van der Waals surface area (Å²) in [6, 6.07) is 0. The number of nitrogens with one attached hydrogen (secondary N) is 1. The summed E-state index contributed by atoms with van der Waals surface area (Å²) >= 11 is 4.89. The second-order valence-electron chi connectivity index (χ2n) is 4.85. The van der Waals surface area contributed by atoms with Crippen LogP contribution in [0.25, 0.3) is 0 Å². The molecule has 16 heavy (non-hydrogen) atoms. The maximum absolute atomic E-state index is 12.1. The van der Waals surface area contributed by atoms with Gasteiger partial charge in [0.25, 0.3) is 0 Å². The number of carbonyl (C=O) groups excluding carboxylic acids is 1. The Morgan fingerprint density at radius 3 is 2.50 bits per heavy atom. The lowest BCUT2D eigenvalue weighted by Gasteiger charge is -2.26. The molecule has 0 aromatic rings. The molecule has 92 valence electrons. The van der Waals surface area contributed by atoms with E-state index in [1.54, 1.807) is 0 Å². The second kappa shape index (κ2) is 5.62. The van der Waals surface area contributed by atoms with Crippen molar-refractivity contribution in [2.45, 2.75) is 46.0 Å². The van der Waals surface area contributed by atoms with Crippen LogP contribution in [0.3, 0.4) is 0 Å². The number of amides is 1. The number of rotatable bonds is 5. The van der Waals surface area contributed by atoms with E-state index >= 15 is 0 Å². The molecule has 1 unspecified atom stereocenters. The number of hydrogen-bond acceptors (Lipinski definition) is 2. The average Bonchev–Trinajstić information content (AvgIpc) is 2.74. The number of nitrogens with two attached hydrogens (primary N) is 1. The maximum atomic E-state index is 12.1. The smallest absolute Gasteiger partial charge is 0.226 e. The molecule has 3 nitrogen and oxygen atoms in total. The van der Waals surface area contributed by atoms with Crippen molar-refractivity contribution in [2.24, 2.45) is 17.1 Å². The Labute approximate surface area is 103 Å². The van der Waals surface area contributed by atoms with E-state index in [1.807, 2.05) is 6.92 Å². The maximum Gasteiger partial charge on any atom is 0.226 e. The first-order chi connectivity index (χ1) is 7.52. The molecule has 3 N–H and O–H groups in total. The zero-order valence-corrected chi connectivity index (χ0v) is 11.0. The van der Waals surface area contributed by atoms with Crippen molar-refractivity contribution in [3.8, 4) is 0 Å². The van der Waals surface area contributed by atoms with E-state index < -0.39 is 0 Å². The average molecular weight is 242 g/mol. The summed E-state index contributed by atoms with van der Waals surface area (Å²) in [7, 11) is 0. The van der Waals surface area contributed by atoms with Crippen molar-refractivity contribution in [1.82, 2.24) is 5.32 Å². The zero-order chi connectivity index (χ0) is 12.2. The van der Waals surface area contributed by atoms with Gasteiger partial charge in [-0.3, -0.25) is 4.79 Å². The minimum atomic E-state index is -0.115. The standard InChI is InChI=1S/C12H22N2OS/c1-3-12(6-4-5-7-12)11(15)14-8-9(2)10(13)16/h9H,3-8H2,1-2H3,(H2,13,16)(H,14,15). The van der Waals surface area contributed by atoms with E-state index in [9.17, 15) is 4.79 Å². The molecule has 0 aliphatic heterocycles. The van der Waals surface area contributed by atoms with Gasteiger partial charge in [-0.1, -0.05) is 38.9 Å². The summed E-state index contributed by atoms with van der Waals surface area (Å²) < 4.78 is 0. The van der Waals surface area contributed by atoms with Crippen LogP contribution in [0.5, 0.6) is 0 Å². The minimum absolute atomic E-state index is 0.0780. The Kier molecular flexibility index (Phi) is 4.71. The van der Waals surface area contributed by atoms with E-state index in [0.29, 0.717) is 11.5 Å². The molecule has 1 fully saturated rings. The molecule has 4 heteroatoms. The first-order valence-electron chi connectivity index (χ1n) is 6.09. The fourth-order valence-corrected chi connectivity index (χ4v) is 2.41. The second-order valence-corrected chi connectivity index (χ2v) is 5.33. The molecule has 1 aliphatic carbocycles. The summed E-state index contributed by atoms with van der Waals surface area (Å²) in [6.45, 7) is 4.60. The van der Waals surface area contributed by atoms with Gasteiger partial charge in [-0.25, -0.2) is 0 Å². The van der Waals surface area contributed by atoms with Crippen molar-refractivity contribution in [2.75, 3.05) is 6.54 Å². The normalized spacial score (nSPS) is 20.4. The highest BCUT2D eigenvalue weighted by Crippen LogP contribution is 2.41. The van der Waals surface area contributed by atoms with Gasteiger partial charge in [0.05, 0.1) is 4.99 Å². The summed E-state index contributed by atoms with van der Waals surface area (Å²) in [4.78, 5) is 12.6. The van der Waals surface area contributed by atoms with Gasteiger partial charge in [0, 0.05) is 17.9 Å². The Morgan fingerprint density at radius 1 is 1.50 bits per heavy atom. The van der Waals surface area contributed by atoms with Crippen LogP contribution in [0.4, 0.5) is 0 Å². The predicted molar refractivity (Wildman–Crippen MR) is 70.2 cm³/mol. The highest BCUT2D eigenvalue weighted by Gasteiger charge is 2.39. The molecule has 0 bridgehead atoms. The highest BCUT2D eigenvalue weighted by atomic mass is 32.1. The molecule has 1 saturated carbocycles. The van der Waals surface area contributed by atoms with Crippen LogP contribution < -0.4 is 11.1 Å². The van der Waals surface area contributed by atoms with Crippen molar-refractivity contribution in [1.29, 1.82) is 0 Å². The molecule has 1 atom stereocenters. The Hall–Kier alpha value is -0.640. The largest absolute Gasteiger partial charge is 0.393 e.